The van der Waals surface area contributed by atoms with Crippen molar-refractivity contribution in [3.63, 3.8) is 0 Å². The molecule has 2 fully saturated rings. The number of sulfonamides is 1. The van der Waals surface area contributed by atoms with E-state index in [1.807, 2.05) is 11.4 Å². The first-order valence-corrected chi connectivity index (χ1v) is 12.5. The number of aryl methyl sites for hydroxylation is 1. The van der Waals surface area contributed by atoms with Crippen molar-refractivity contribution in [2.75, 3.05) is 32.7 Å². The molecule has 3 heterocycles. The highest BCUT2D eigenvalue weighted by molar-refractivity contribution is 7.89. The van der Waals surface area contributed by atoms with Gasteiger partial charge in [0.05, 0.1) is 4.88 Å². The number of phenols is 1. The number of likely N-dealkylation sites (tertiary alicyclic amines) is 1. The lowest BCUT2D eigenvalue weighted by molar-refractivity contribution is -0.136. The minimum Gasteiger partial charge on any atom is -0.507 e. The van der Waals surface area contributed by atoms with Crippen LogP contribution in [0.25, 0.3) is 0 Å². The number of benzene rings is 1. The van der Waals surface area contributed by atoms with Crippen molar-refractivity contribution in [2.24, 2.45) is 0 Å². The van der Waals surface area contributed by atoms with Crippen LogP contribution in [0.4, 0.5) is 0 Å². The molecular formula is C21H25N3O5S2. The molecule has 4 rings (SSSR count). The van der Waals surface area contributed by atoms with Crippen molar-refractivity contribution >= 4 is 33.2 Å². The Kier molecular flexibility index (Phi) is 6.05. The number of nitrogens with zero attached hydrogens (tertiary/aromatic N) is 3. The molecule has 0 aliphatic carbocycles. The quantitative estimate of drug-likeness (QED) is 0.747. The summed E-state index contributed by atoms with van der Waals surface area (Å²) in [5.74, 6) is -0.530. The van der Waals surface area contributed by atoms with Crippen molar-refractivity contribution in [2.45, 2.75) is 30.7 Å². The number of aromatic hydroxyl groups is 1. The Morgan fingerprint density at radius 2 is 1.84 bits per heavy atom. The molecule has 0 unspecified atom stereocenters. The first-order valence-electron chi connectivity index (χ1n) is 10.2. The van der Waals surface area contributed by atoms with Gasteiger partial charge < -0.3 is 14.9 Å². The Bertz CT molecular complexity index is 1080. The highest BCUT2D eigenvalue weighted by Crippen LogP contribution is 2.28. The molecule has 2 aromatic rings. The number of carbonyl (C=O) groups excluding carboxylic acids is 2. The number of piperazine rings is 1. The van der Waals surface area contributed by atoms with E-state index < -0.39 is 16.1 Å². The van der Waals surface area contributed by atoms with Crippen LogP contribution in [0, 0.1) is 6.92 Å². The first-order chi connectivity index (χ1) is 14.8. The van der Waals surface area contributed by atoms with Gasteiger partial charge in [0.15, 0.2) is 0 Å². The van der Waals surface area contributed by atoms with Gasteiger partial charge in [-0.05, 0) is 48.9 Å². The number of phenolic OH excluding ortho intramolecular Hbond substituents is 1. The fourth-order valence-corrected chi connectivity index (χ4v) is 6.40. The van der Waals surface area contributed by atoms with Crippen LogP contribution in [0.1, 0.15) is 28.1 Å². The van der Waals surface area contributed by atoms with E-state index in [2.05, 4.69) is 0 Å². The van der Waals surface area contributed by atoms with Crippen LogP contribution >= 0.6 is 11.3 Å². The molecule has 166 valence electrons. The Morgan fingerprint density at radius 3 is 2.52 bits per heavy atom. The van der Waals surface area contributed by atoms with E-state index in [4.69, 9.17) is 0 Å². The zero-order chi connectivity index (χ0) is 22.2. The number of hydrogen-bond acceptors (Lipinski definition) is 6. The fraction of sp³-hybridized carbons (Fsp3) is 0.429. The van der Waals surface area contributed by atoms with E-state index >= 15 is 0 Å². The monoisotopic (exact) mass is 463 g/mol. The van der Waals surface area contributed by atoms with Gasteiger partial charge in [-0.3, -0.25) is 9.59 Å². The van der Waals surface area contributed by atoms with Crippen LogP contribution in [0.5, 0.6) is 5.75 Å². The van der Waals surface area contributed by atoms with Crippen molar-refractivity contribution in [3.8, 4) is 5.75 Å². The second kappa shape index (κ2) is 8.60. The summed E-state index contributed by atoms with van der Waals surface area (Å²) in [5.41, 5.74) is 0.738. The summed E-state index contributed by atoms with van der Waals surface area (Å²) in [5, 5.41) is 11.9. The summed E-state index contributed by atoms with van der Waals surface area (Å²) in [6.45, 7) is 3.11. The van der Waals surface area contributed by atoms with Crippen LogP contribution in [-0.2, 0) is 14.8 Å². The van der Waals surface area contributed by atoms with Gasteiger partial charge in [0.2, 0.25) is 15.9 Å². The standard InChI is InChI=1S/C21H25N3O5S2/c1-15-6-7-17(25)19(14-15)31(28,29)23-11-9-22(10-12-23)20(26)16-4-2-8-24(16)21(27)18-5-3-13-30-18/h3,5-7,13-14,16,25H,2,4,8-12H2,1H3/t16-/m0/s1. The van der Waals surface area contributed by atoms with Crippen LogP contribution in [0.2, 0.25) is 0 Å². The molecule has 2 amide bonds. The molecule has 2 saturated heterocycles. The molecule has 1 N–H and O–H groups in total. The summed E-state index contributed by atoms with van der Waals surface area (Å²) in [4.78, 5) is 29.7. The highest BCUT2D eigenvalue weighted by Gasteiger charge is 2.39. The summed E-state index contributed by atoms with van der Waals surface area (Å²) < 4.78 is 27.3. The number of hydrogen-bond donors (Lipinski definition) is 1. The van der Waals surface area contributed by atoms with Gasteiger partial charge >= 0.3 is 0 Å². The van der Waals surface area contributed by atoms with Gasteiger partial charge in [-0.25, -0.2) is 8.42 Å². The van der Waals surface area contributed by atoms with E-state index in [0.717, 1.165) is 12.0 Å². The molecule has 0 bridgehead atoms. The fourth-order valence-electron chi connectivity index (χ4n) is 4.13. The minimum absolute atomic E-state index is 0.115. The third-order valence-corrected chi connectivity index (χ3v) is 8.60. The van der Waals surface area contributed by atoms with Crippen molar-refractivity contribution in [3.05, 3.63) is 46.2 Å². The van der Waals surface area contributed by atoms with E-state index in [9.17, 15) is 23.1 Å². The number of carbonyl (C=O) groups is 2. The lowest BCUT2D eigenvalue weighted by atomic mass is 10.1. The molecule has 0 radical (unpaired) electrons. The van der Waals surface area contributed by atoms with Gasteiger partial charge in [0.1, 0.15) is 16.7 Å². The molecule has 31 heavy (non-hydrogen) atoms. The summed E-state index contributed by atoms with van der Waals surface area (Å²) in [6.07, 6.45) is 1.39. The largest absolute Gasteiger partial charge is 0.507 e. The molecule has 0 spiro atoms. The average molecular weight is 464 g/mol. The maximum Gasteiger partial charge on any atom is 0.264 e. The lowest BCUT2D eigenvalue weighted by Crippen LogP contribution is -2.55. The Labute approximate surface area is 185 Å². The number of thiophene rings is 1. The third-order valence-electron chi connectivity index (χ3n) is 5.81. The Morgan fingerprint density at radius 1 is 1.10 bits per heavy atom. The molecule has 1 aromatic heterocycles. The van der Waals surface area contributed by atoms with E-state index in [1.54, 1.807) is 28.9 Å². The van der Waals surface area contributed by atoms with Gasteiger partial charge in [-0.1, -0.05) is 12.1 Å². The van der Waals surface area contributed by atoms with Crippen molar-refractivity contribution in [1.29, 1.82) is 0 Å². The maximum absolute atomic E-state index is 13.1. The summed E-state index contributed by atoms with van der Waals surface area (Å²) in [7, 11) is -3.85. The van der Waals surface area contributed by atoms with Gasteiger partial charge in [0.25, 0.3) is 5.91 Å². The molecule has 10 heteroatoms. The predicted molar refractivity (Wildman–Crippen MR) is 117 cm³/mol. The maximum atomic E-state index is 13.1. The molecule has 0 saturated carbocycles. The van der Waals surface area contributed by atoms with Crippen molar-refractivity contribution in [1.82, 2.24) is 14.1 Å². The highest BCUT2D eigenvalue weighted by atomic mass is 32.2. The zero-order valence-corrected chi connectivity index (χ0v) is 18.9. The molecule has 1 atom stereocenters. The van der Waals surface area contributed by atoms with E-state index in [-0.39, 0.29) is 48.6 Å². The molecule has 2 aliphatic heterocycles. The predicted octanol–water partition coefficient (Wildman–Crippen LogP) is 1.90. The summed E-state index contributed by atoms with van der Waals surface area (Å²) in [6, 6.07) is 7.55. The molecule has 1 aromatic carbocycles. The zero-order valence-electron chi connectivity index (χ0n) is 17.2. The van der Waals surface area contributed by atoms with Crippen molar-refractivity contribution < 1.29 is 23.1 Å². The smallest absolute Gasteiger partial charge is 0.264 e. The SMILES string of the molecule is Cc1ccc(O)c(S(=O)(=O)N2CCN(C(=O)[C@@H]3CCCN3C(=O)c3cccs3)CC2)c1. The third kappa shape index (κ3) is 4.19. The van der Waals surface area contributed by atoms with E-state index in [1.165, 1.54) is 27.8 Å². The van der Waals surface area contributed by atoms with Crippen LogP contribution < -0.4 is 0 Å². The normalized spacial score (nSPS) is 20.2. The number of rotatable bonds is 4. The summed E-state index contributed by atoms with van der Waals surface area (Å²) >= 11 is 1.36. The average Bonchev–Trinajstić information content (AvgIpc) is 3.47. The van der Waals surface area contributed by atoms with Crippen LogP contribution in [0.15, 0.2) is 40.6 Å². The molecule has 8 nitrogen and oxygen atoms in total. The molecular weight excluding hydrogens is 438 g/mol. The van der Waals surface area contributed by atoms with Crippen LogP contribution in [0.3, 0.4) is 0 Å². The molecule has 2 aliphatic rings. The van der Waals surface area contributed by atoms with Crippen LogP contribution in [-0.4, -0.2) is 78.2 Å². The van der Waals surface area contributed by atoms with Gasteiger partial charge in [-0.15, -0.1) is 11.3 Å². The Hall–Kier alpha value is -2.43. The van der Waals surface area contributed by atoms with E-state index in [0.29, 0.717) is 17.8 Å². The topological polar surface area (TPSA) is 98.2 Å². The second-order valence-corrected chi connectivity index (χ2v) is 10.7. The number of amides is 2. The Balaban J connectivity index is 1.43. The lowest BCUT2D eigenvalue weighted by Gasteiger charge is -2.36. The second-order valence-electron chi connectivity index (χ2n) is 7.83. The van der Waals surface area contributed by atoms with Gasteiger partial charge in [-0.2, -0.15) is 4.31 Å². The minimum atomic E-state index is -3.85. The van der Waals surface area contributed by atoms with Gasteiger partial charge in [0, 0.05) is 32.7 Å². The first kappa shape index (κ1) is 21.8.